The Balaban J connectivity index is 0.000001000. The third-order valence-corrected chi connectivity index (χ3v) is 1.29. The van der Waals surface area contributed by atoms with Crippen molar-refractivity contribution in [3.63, 3.8) is 0 Å². The average Bonchev–Trinajstić information content (AvgIpc) is 1.95. The van der Waals surface area contributed by atoms with Crippen LogP contribution in [0.5, 0.6) is 5.88 Å². The molecule has 6 heteroatoms. The van der Waals surface area contributed by atoms with Gasteiger partial charge in [-0.05, 0) is 4.85 Å². The van der Waals surface area contributed by atoms with Crippen LogP contribution in [0.25, 0.3) is 0 Å². The number of ether oxygens (including phenoxy) is 1. The predicted octanol–water partition coefficient (Wildman–Crippen LogP) is -0.636. The quantitative estimate of drug-likeness (QED) is 0.272. The van der Waals surface area contributed by atoms with Crippen molar-refractivity contribution in [3.8, 4) is 5.88 Å². The fourth-order valence-electron chi connectivity index (χ4n) is 0.493. The van der Waals surface area contributed by atoms with Crippen LogP contribution in [0.4, 0.5) is 0 Å². The minimum absolute atomic E-state index is 0. The second kappa shape index (κ2) is 4.82. The average molecular weight is 182 g/mol. The minimum atomic E-state index is 0. The van der Waals surface area contributed by atoms with Crippen LogP contribution in [0.3, 0.4) is 0 Å². The molecule has 0 aliphatic carbocycles. The predicted molar refractivity (Wildman–Crippen MR) is 44.2 cm³/mol. The topological polar surface area (TPSA) is 49.1 Å². The Morgan fingerprint density at radius 2 is 2.27 bits per heavy atom. The van der Waals surface area contributed by atoms with Gasteiger partial charge in [-0.15, -0.1) is 0 Å². The van der Waals surface area contributed by atoms with E-state index < -0.39 is 0 Å². The standard InChI is InChI=1S/C5H6N2O2S.Na.H/c1-9-4-2-3-5(10)7(8)6-4;;/h2-3,10H,1H3;;. The Morgan fingerprint density at radius 3 is 2.73 bits per heavy atom. The van der Waals surface area contributed by atoms with Gasteiger partial charge in [0.15, 0.2) is 0 Å². The van der Waals surface area contributed by atoms with Crippen molar-refractivity contribution in [3.05, 3.63) is 17.3 Å². The van der Waals surface area contributed by atoms with Crippen LogP contribution in [0, 0.1) is 5.21 Å². The molecule has 0 atom stereocenters. The van der Waals surface area contributed by atoms with Gasteiger partial charge in [0.25, 0.3) is 10.9 Å². The molecule has 0 saturated carbocycles. The van der Waals surface area contributed by atoms with Crippen LogP contribution in [-0.4, -0.2) is 41.8 Å². The van der Waals surface area contributed by atoms with Crippen LogP contribution in [-0.2, 0) is 0 Å². The Morgan fingerprint density at radius 1 is 1.64 bits per heavy atom. The van der Waals surface area contributed by atoms with Crippen LogP contribution >= 0.6 is 12.6 Å². The first kappa shape index (κ1) is 11.0. The molecule has 0 aliphatic heterocycles. The van der Waals surface area contributed by atoms with E-state index in [-0.39, 0.29) is 40.5 Å². The number of aromatic nitrogens is 2. The van der Waals surface area contributed by atoms with Gasteiger partial charge in [-0.25, -0.2) is 0 Å². The molecule has 1 aromatic heterocycles. The molecule has 0 N–H and O–H groups in total. The fraction of sp³-hybridized carbons (Fsp3) is 0.200. The van der Waals surface area contributed by atoms with Crippen LogP contribution in [0.1, 0.15) is 0 Å². The Labute approximate surface area is 91.8 Å². The summed E-state index contributed by atoms with van der Waals surface area (Å²) in [5, 5.41) is 14.4. The van der Waals surface area contributed by atoms with E-state index >= 15 is 0 Å². The van der Waals surface area contributed by atoms with Crippen molar-refractivity contribution < 1.29 is 9.58 Å². The molecule has 0 aromatic carbocycles. The first-order valence-electron chi connectivity index (χ1n) is 2.58. The summed E-state index contributed by atoms with van der Waals surface area (Å²) in [6, 6.07) is 3.08. The Hall–Kier alpha value is 0.0300. The third-order valence-electron chi connectivity index (χ3n) is 0.969. The summed E-state index contributed by atoms with van der Waals surface area (Å²) in [6.45, 7) is 0. The molecule has 0 saturated heterocycles. The Kier molecular flexibility index (Phi) is 4.83. The molecule has 0 radical (unpaired) electrons. The van der Waals surface area contributed by atoms with Gasteiger partial charge in [0.05, 0.1) is 12.2 Å². The van der Waals surface area contributed by atoms with Gasteiger partial charge in [0.1, 0.15) is 0 Å². The maximum absolute atomic E-state index is 10.6. The Bertz CT molecular complexity index is 246. The molecule has 1 heterocycles. The summed E-state index contributed by atoms with van der Waals surface area (Å²) < 4.78 is 4.68. The third kappa shape index (κ3) is 2.86. The molecule has 0 fully saturated rings. The van der Waals surface area contributed by atoms with Crippen molar-refractivity contribution in [1.29, 1.82) is 0 Å². The summed E-state index contributed by atoms with van der Waals surface area (Å²) in [7, 11) is 1.44. The van der Waals surface area contributed by atoms with Gasteiger partial charge in [-0.2, -0.15) is 0 Å². The van der Waals surface area contributed by atoms with Gasteiger partial charge in [0, 0.05) is 12.1 Å². The molecule has 0 unspecified atom stereocenters. The van der Waals surface area contributed by atoms with E-state index in [2.05, 4.69) is 22.5 Å². The van der Waals surface area contributed by atoms with E-state index in [1.54, 1.807) is 6.07 Å². The van der Waals surface area contributed by atoms with E-state index in [0.717, 1.165) is 0 Å². The van der Waals surface area contributed by atoms with Gasteiger partial charge < -0.3 is 9.94 Å². The zero-order chi connectivity index (χ0) is 7.56. The molecule has 1 aromatic rings. The van der Waals surface area contributed by atoms with E-state index in [1.165, 1.54) is 13.2 Å². The number of nitrogens with zero attached hydrogens (tertiary/aromatic N) is 2. The molecule has 1 rings (SSSR count). The van der Waals surface area contributed by atoms with Crippen LogP contribution in [0.15, 0.2) is 17.2 Å². The number of hydrogen-bond acceptors (Lipinski definition) is 4. The zero-order valence-electron chi connectivity index (χ0n) is 5.31. The van der Waals surface area contributed by atoms with Gasteiger partial charge in [0.2, 0.25) is 0 Å². The zero-order valence-corrected chi connectivity index (χ0v) is 6.21. The molecular weight excluding hydrogens is 175 g/mol. The number of hydrogen-bond donors (Lipinski definition) is 1. The summed E-state index contributed by atoms with van der Waals surface area (Å²) in [4.78, 5) is 0.391. The number of methoxy groups -OCH3 is 1. The summed E-state index contributed by atoms with van der Waals surface area (Å²) >= 11 is 3.82. The van der Waals surface area contributed by atoms with Crippen molar-refractivity contribution in [2.24, 2.45) is 0 Å². The first-order chi connectivity index (χ1) is 4.74. The monoisotopic (exact) mass is 182 g/mol. The van der Waals surface area contributed by atoms with Crippen LogP contribution in [0.2, 0.25) is 0 Å². The van der Waals surface area contributed by atoms with E-state index in [4.69, 9.17) is 0 Å². The van der Waals surface area contributed by atoms with E-state index in [1.807, 2.05) is 0 Å². The molecular formula is C5H7N2NaO2S. The van der Waals surface area contributed by atoms with Crippen molar-refractivity contribution >= 4 is 42.2 Å². The molecule has 0 aliphatic rings. The van der Waals surface area contributed by atoms with Gasteiger partial charge >= 0.3 is 29.6 Å². The van der Waals surface area contributed by atoms with Gasteiger partial charge in [-0.1, -0.05) is 12.6 Å². The summed E-state index contributed by atoms with van der Waals surface area (Å²) in [5.74, 6) is 0.285. The van der Waals surface area contributed by atoms with Crippen molar-refractivity contribution in [2.45, 2.75) is 5.03 Å². The second-order valence-corrected chi connectivity index (χ2v) is 2.07. The number of rotatable bonds is 1. The van der Waals surface area contributed by atoms with E-state index in [0.29, 0.717) is 4.85 Å². The normalized spacial score (nSPS) is 8.55. The molecule has 56 valence electrons. The maximum atomic E-state index is 10.6. The van der Waals surface area contributed by atoms with Crippen molar-refractivity contribution in [2.75, 3.05) is 7.11 Å². The number of thiol groups is 1. The molecule has 0 bridgehead atoms. The summed E-state index contributed by atoms with van der Waals surface area (Å²) in [6.07, 6.45) is 0. The fourth-order valence-corrected chi connectivity index (χ4v) is 0.612. The van der Waals surface area contributed by atoms with Crippen molar-refractivity contribution in [1.82, 2.24) is 5.10 Å². The molecule has 4 nitrogen and oxygen atoms in total. The SMILES string of the molecule is COc1ccc(S)[n+]([O-])n1.[NaH]. The second-order valence-electron chi connectivity index (χ2n) is 1.61. The first-order valence-corrected chi connectivity index (χ1v) is 3.02. The molecule has 11 heavy (non-hydrogen) atoms. The van der Waals surface area contributed by atoms with E-state index in [9.17, 15) is 5.21 Å². The van der Waals surface area contributed by atoms with Gasteiger partial charge in [-0.3, -0.25) is 0 Å². The summed E-state index contributed by atoms with van der Waals surface area (Å²) in [5.41, 5.74) is 0. The molecule has 0 spiro atoms. The molecule has 0 amide bonds. The van der Waals surface area contributed by atoms with Crippen LogP contribution < -0.4 is 9.58 Å².